The molecule has 0 bridgehead atoms. The summed E-state index contributed by atoms with van der Waals surface area (Å²) in [5, 5.41) is 0. The monoisotopic (exact) mass is 382 g/mol. The number of benzene rings is 1. The van der Waals surface area contributed by atoms with Gasteiger partial charge in [0.1, 0.15) is 5.82 Å². The molecule has 0 aliphatic carbocycles. The number of hydrogen-bond acceptors (Lipinski definition) is 2. The van der Waals surface area contributed by atoms with Gasteiger partial charge in [-0.3, -0.25) is 0 Å². The highest BCUT2D eigenvalue weighted by atomic mass is 79.9. The molecule has 2 nitrogen and oxygen atoms in total. The van der Waals surface area contributed by atoms with Gasteiger partial charge in [0.15, 0.2) is 0 Å². The van der Waals surface area contributed by atoms with E-state index >= 15 is 0 Å². The molecule has 0 saturated carbocycles. The first-order valence-corrected chi connectivity index (χ1v) is 7.94. The molecule has 0 saturated heterocycles. The number of para-hydroxylation sites is 1. The fourth-order valence-electron chi connectivity index (χ4n) is 1.89. The Bertz CT molecular complexity index is 529. The molecular formula is C15H16Br2N2. The Morgan fingerprint density at radius 2 is 1.89 bits per heavy atom. The van der Waals surface area contributed by atoms with E-state index in [9.17, 15) is 0 Å². The number of nitrogens with zero attached hydrogens (tertiary/aromatic N) is 2. The maximum Gasteiger partial charge on any atom is 0.147 e. The van der Waals surface area contributed by atoms with Crippen molar-refractivity contribution in [3.63, 3.8) is 0 Å². The molecule has 0 aliphatic heterocycles. The predicted molar refractivity (Wildman–Crippen MR) is 88.0 cm³/mol. The lowest BCUT2D eigenvalue weighted by Gasteiger charge is -2.24. The number of hydrogen-bond donors (Lipinski definition) is 0. The Balaban J connectivity index is 2.37. The van der Waals surface area contributed by atoms with E-state index in [0.29, 0.717) is 0 Å². The number of pyridine rings is 1. The SMILES string of the molecule is CCCCN(c1ccccc1)c1ncc(Br)cc1Br. The molecule has 0 amide bonds. The first-order chi connectivity index (χ1) is 9.22. The summed E-state index contributed by atoms with van der Waals surface area (Å²) in [6, 6.07) is 12.4. The van der Waals surface area contributed by atoms with Crippen LogP contribution in [0.4, 0.5) is 11.5 Å². The molecule has 2 rings (SSSR count). The van der Waals surface area contributed by atoms with Crippen molar-refractivity contribution in [2.75, 3.05) is 11.4 Å². The van der Waals surface area contributed by atoms with E-state index < -0.39 is 0 Å². The minimum atomic E-state index is 0.961. The molecule has 0 spiro atoms. The maximum absolute atomic E-state index is 4.54. The van der Waals surface area contributed by atoms with E-state index in [1.165, 1.54) is 5.69 Å². The Labute approximate surface area is 131 Å². The van der Waals surface area contributed by atoms with Crippen LogP contribution in [0.5, 0.6) is 0 Å². The van der Waals surface area contributed by atoms with Crippen LogP contribution in [0.15, 0.2) is 51.5 Å². The standard InChI is InChI=1S/C15H16Br2N2/c1-2-3-9-19(13-7-5-4-6-8-13)15-14(17)10-12(16)11-18-15/h4-8,10-11H,2-3,9H2,1H3. The van der Waals surface area contributed by atoms with Gasteiger partial charge >= 0.3 is 0 Å². The Morgan fingerprint density at radius 1 is 1.16 bits per heavy atom. The summed E-state index contributed by atoms with van der Waals surface area (Å²) in [6.07, 6.45) is 4.14. The van der Waals surface area contributed by atoms with Gasteiger partial charge in [-0.2, -0.15) is 0 Å². The third-order valence-corrected chi connectivity index (χ3v) is 3.86. The second-order valence-electron chi connectivity index (χ2n) is 4.30. The summed E-state index contributed by atoms with van der Waals surface area (Å²) in [5.74, 6) is 0.961. The second kappa shape index (κ2) is 7.06. The molecule has 0 atom stereocenters. The first-order valence-electron chi connectivity index (χ1n) is 6.36. The van der Waals surface area contributed by atoms with Gasteiger partial charge in [0.25, 0.3) is 0 Å². The van der Waals surface area contributed by atoms with Gasteiger partial charge in [-0.05, 0) is 56.5 Å². The molecule has 0 N–H and O–H groups in total. The average Bonchev–Trinajstić information content (AvgIpc) is 2.42. The van der Waals surface area contributed by atoms with E-state index in [0.717, 1.165) is 34.1 Å². The molecule has 1 aromatic carbocycles. The fraction of sp³-hybridized carbons (Fsp3) is 0.267. The van der Waals surface area contributed by atoms with E-state index in [2.05, 4.69) is 72.9 Å². The van der Waals surface area contributed by atoms with E-state index in [-0.39, 0.29) is 0 Å². The van der Waals surface area contributed by atoms with E-state index in [1.54, 1.807) is 0 Å². The zero-order valence-electron chi connectivity index (χ0n) is 10.8. The van der Waals surface area contributed by atoms with Crippen LogP contribution in [-0.2, 0) is 0 Å². The maximum atomic E-state index is 4.54. The van der Waals surface area contributed by atoms with Crippen molar-refractivity contribution in [2.24, 2.45) is 0 Å². The highest BCUT2D eigenvalue weighted by Gasteiger charge is 2.13. The number of unbranched alkanes of at least 4 members (excludes halogenated alkanes) is 1. The smallest absolute Gasteiger partial charge is 0.147 e. The predicted octanol–water partition coefficient (Wildman–Crippen LogP) is 5.54. The summed E-state index contributed by atoms with van der Waals surface area (Å²) < 4.78 is 1.98. The molecule has 0 radical (unpaired) electrons. The lowest BCUT2D eigenvalue weighted by molar-refractivity contribution is 0.778. The van der Waals surface area contributed by atoms with Crippen molar-refractivity contribution in [2.45, 2.75) is 19.8 Å². The van der Waals surface area contributed by atoms with Gasteiger partial charge in [-0.1, -0.05) is 31.5 Å². The Hall–Kier alpha value is -0.870. The normalized spacial score (nSPS) is 10.5. The number of aromatic nitrogens is 1. The third kappa shape index (κ3) is 3.80. The van der Waals surface area contributed by atoms with Crippen LogP contribution in [-0.4, -0.2) is 11.5 Å². The number of halogens is 2. The fourth-order valence-corrected chi connectivity index (χ4v) is 3.09. The highest BCUT2D eigenvalue weighted by Crippen LogP contribution is 2.32. The van der Waals surface area contributed by atoms with Gasteiger partial charge in [0.2, 0.25) is 0 Å². The quantitative estimate of drug-likeness (QED) is 0.673. The Morgan fingerprint density at radius 3 is 2.53 bits per heavy atom. The van der Waals surface area contributed by atoms with Gasteiger partial charge in [0.05, 0.1) is 4.47 Å². The topological polar surface area (TPSA) is 16.1 Å². The zero-order valence-corrected chi connectivity index (χ0v) is 14.0. The van der Waals surface area contributed by atoms with Crippen LogP contribution >= 0.6 is 31.9 Å². The van der Waals surface area contributed by atoms with Crippen molar-refractivity contribution in [1.29, 1.82) is 0 Å². The van der Waals surface area contributed by atoms with Gasteiger partial charge < -0.3 is 4.90 Å². The van der Waals surface area contributed by atoms with Crippen molar-refractivity contribution in [1.82, 2.24) is 4.98 Å². The molecular weight excluding hydrogens is 368 g/mol. The van der Waals surface area contributed by atoms with Crippen LogP contribution in [0.2, 0.25) is 0 Å². The zero-order chi connectivity index (χ0) is 13.7. The van der Waals surface area contributed by atoms with Crippen LogP contribution in [0, 0.1) is 0 Å². The summed E-state index contributed by atoms with van der Waals surface area (Å²) in [4.78, 5) is 6.79. The molecule has 100 valence electrons. The van der Waals surface area contributed by atoms with Crippen molar-refractivity contribution in [3.05, 3.63) is 51.5 Å². The minimum Gasteiger partial charge on any atom is -0.325 e. The second-order valence-corrected chi connectivity index (χ2v) is 6.07. The summed E-state index contributed by atoms with van der Waals surface area (Å²) >= 11 is 7.05. The molecule has 19 heavy (non-hydrogen) atoms. The average molecular weight is 384 g/mol. The van der Waals surface area contributed by atoms with Gasteiger partial charge in [-0.25, -0.2) is 4.98 Å². The van der Waals surface area contributed by atoms with E-state index in [4.69, 9.17) is 0 Å². The van der Waals surface area contributed by atoms with E-state index in [1.807, 2.05) is 18.3 Å². The summed E-state index contributed by atoms with van der Waals surface area (Å²) in [5.41, 5.74) is 1.17. The van der Waals surface area contributed by atoms with Crippen LogP contribution in [0.25, 0.3) is 0 Å². The number of rotatable bonds is 5. The largest absolute Gasteiger partial charge is 0.325 e. The third-order valence-electron chi connectivity index (χ3n) is 2.85. The minimum absolute atomic E-state index is 0.961. The molecule has 1 aromatic heterocycles. The van der Waals surface area contributed by atoms with Crippen LogP contribution in [0.3, 0.4) is 0 Å². The number of anilines is 2. The summed E-state index contributed by atoms with van der Waals surface area (Å²) in [6.45, 7) is 3.17. The van der Waals surface area contributed by atoms with Gasteiger partial charge in [0, 0.05) is 22.9 Å². The highest BCUT2D eigenvalue weighted by molar-refractivity contribution is 9.11. The summed E-state index contributed by atoms with van der Waals surface area (Å²) in [7, 11) is 0. The van der Waals surface area contributed by atoms with Crippen molar-refractivity contribution >= 4 is 43.4 Å². The van der Waals surface area contributed by atoms with Crippen LogP contribution < -0.4 is 4.90 Å². The lowest BCUT2D eigenvalue weighted by Crippen LogP contribution is -2.19. The molecule has 0 unspecified atom stereocenters. The molecule has 2 aromatic rings. The molecule has 1 heterocycles. The van der Waals surface area contributed by atoms with Crippen molar-refractivity contribution < 1.29 is 0 Å². The molecule has 0 fully saturated rings. The lowest BCUT2D eigenvalue weighted by atomic mass is 10.2. The molecule has 0 aliphatic rings. The van der Waals surface area contributed by atoms with Gasteiger partial charge in [-0.15, -0.1) is 0 Å². The van der Waals surface area contributed by atoms with Crippen molar-refractivity contribution in [3.8, 4) is 0 Å². The first kappa shape index (κ1) is 14.5. The van der Waals surface area contributed by atoms with Crippen LogP contribution in [0.1, 0.15) is 19.8 Å². The molecule has 4 heteroatoms. The Kier molecular flexibility index (Phi) is 5.40.